The first-order valence-electron chi connectivity index (χ1n) is 3.01. The minimum absolute atomic E-state index is 0.516. The van der Waals surface area contributed by atoms with E-state index >= 15 is 0 Å². The summed E-state index contributed by atoms with van der Waals surface area (Å²) in [5.74, 6) is 0. The molecule has 0 fully saturated rings. The Morgan fingerprint density at radius 2 is 2.86 bits per heavy atom. The standard InChI is InChI=1S/C5H9NO/c1-2-6-3-5-7-4-1/h3H,1-2,4-5H2/i5D. The second-order valence-corrected chi connectivity index (χ2v) is 1.42. The second-order valence-electron chi connectivity index (χ2n) is 1.42. The van der Waals surface area contributed by atoms with Crippen molar-refractivity contribution in [1.29, 1.82) is 0 Å². The van der Waals surface area contributed by atoms with E-state index in [1.54, 1.807) is 0 Å². The van der Waals surface area contributed by atoms with Crippen molar-refractivity contribution >= 4 is 6.21 Å². The highest BCUT2D eigenvalue weighted by molar-refractivity contribution is 5.58. The fourth-order valence-corrected chi connectivity index (χ4v) is 0.468. The topological polar surface area (TPSA) is 21.6 Å². The van der Waals surface area contributed by atoms with Crippen LogP contribution in [0.15, 0.2) is 4.99 Å². The molecule has 0 radical (unpaired) electrons. The molecule has 0 spiro atoms. The number of ether oxygens (including phenoxy) is 1. The number of nitrogens with zero attached hydrogens (tertiary/aromatic N) is 1. The Labute approximate surface area is 44.6 Å². The summed E-state index contributed by atoms with van der Waals surface area (Å²) in [5.41, 5.74) is 0. The summed E-state index contributed by atoms with van der Waals surface area (Å²) in [6, 6.07) is 0. The van der Waals surface area contributed by atoms with E-state index in [1.807, 2.05) is 0 Å². The van der Waals surface area contributed by atoms with E-state index in [0.717, 1.165) is 13.0 Å². The predicted octanol–water partition coefficient (Wildman–Crippen LogP) is 0.478. The Morgan fingerprint density at radius 3 is 3.86 bits per heavy atom. The molecule has 0 aliphatic carbocycles. The molecule has 0 amide bonds. The Morgan fingerprint density at radius 1 is 1.86 bits per heavy atom. The van der Waals surface area contributed by atoms with Crippen LogP contribution in [0.3, 0.4) is 0 Å². The highest BCUT2D eigenvalue weighted by Crippen LogP contribution is 1.86. The van der Waals surface area contributed by atoms with Crippen molar-refractivity contribution in [3.05, 3.63) is 0 Å². The maximum Gasteiger partial charge on any atom is 0.0814 e. The average molecular weight is 100 g/mol. The zero-order valence-corrected chi connectivity index (χ0v) is 4.13. The molecule has 0 aromatic rings. The number of rotatable bonds is 0. The van der Waals surface area contributed by atoms with Crippen LogP contribution in [0.1, 0.15) is 7.79 Å². The molecule has 0 bridgehead atoms. The molecule has 40 valence electrons. The summed E-state index contributed by atoms with van der Waals surface area (Å²) >= 11 is 0. The Kier molecular flexibility index (Phi) is 1.42. The van der Waals surface area contributed by atoms with Crippen LogP contribution in [0.5, 0.6) is 0 Å². The molecule has 0 aromatic carbocycles. The van der Waals surface area contributed by atoms with E-state index in [2.05, 4.69) is 4.99 Å². The quantitative estimate of drug-likeness (QED) is 0.434. The van der Waals surface area contributed by atoms with E-state index in [1.165, 1.54) is 6.21 Å². The zero-order valence-electron chi connectivity index (χ0n) is 5.13. The second kappa shape index (κ2) is 2.75. The molecular formula is C5H9NO. The lowest BCUT2D eigenvalue weighted by Crippen LogP contribution is -1.92. The molecule has 1 aliphatic rings. The summed E-state index contributed by atoms with van der Waals surface area (Å²) < 4.78 is 12.0. The lowest BCUT2D eigenvalue weighted by Gasteiger charge is -1.89. The molecule has 1 heterocycles. The van der Waals surface area contributed by atoms with Gasteiger partial charge in [-0.25, -0.2) is 0 Å². The molecular weight excluding hydrogens is 90.1 g/mol. The zero-order chi connectivity index (χ0) is 5.82. The summed E-state index contributed by atoms with van der Waals surface area (Å²) in [6.45, 7) is 0.973. The number of hydrogen-bond donors (Lipinski definition) is 0. The van der Waals surface area contributed by atoms with Crippen molar-refractivity contribution < 1.29 is 6.11 Å². The van der Waals surface area contributed by atoms with Gasteiger partial charge in [-0.3, -0.25) is 4.99 Å². The Hall–Kier alpha value is -0.370. The normalized spacial score (nSPS) is 34.3. The first-order chi connectivity index (χ1) is 3.89. The average Bonchev–Trinajstić information content (AvgIpc) is 1.94. The molecule has 0 saturated carbocycles. The van der Waals surface area contributed by atoms with Crippen LogP contribution in [0.25, 0.3) is 0 Å². The van der Waals surface area contributed by atoms with Crippen molar-refractivity contribution in [2.24, 2.45) is 4.99 Å². The van der Waals surface area contributed by atoms with Gasteiger partial charge in [0.15, 0.2) is 0 Å². The van der Waals surface area contributed by atoms with Crippen LogP contribution in [0, 0.1) is 0 Å². The summed E-state index contributed by atoms with van der Waals surface area (Å²) in [6.07, 6.45) is 2.49. The highest BCUT2D eigenvalue weighted by atomic mass is 16.5. The van der Waals surface area contributed by atoms with Gasteiger partial charge in [0, 0.05) is 19.4 Å². The number of hydrogen-bond acceptors (Lipinski definition) is 2. The van der Waals surface area contributed by atoms with E-state index in [0.29, 0.717) is 6.61 Å². The molecule has 2 heteroatoms. The fraction of sp³-hybridized carbons (Fsp3) is 0.800. The molecule has 1 rings (SSSR count). The fourth-order valence-electron chi connectivity index (χ4n) is 0.468. The van der Waals surface area contributed by atoms with Gasteiger partial charge in [0.1, 0.15) is 0 Å². The first-order valence-corrected chi connectivity index (χ1v) is 2.43. The molecule has 0 aromatic heterocycles. The lowest BCUT2D eigenvalue weighted by atomic mass is 10.5. The van der Waals surface area contributed by atoms with Gasteiger partial charge in [-0.1, -0.05) is 0 Å². The van der Waals surface area contributed by atoms with Crippen molar-refractivity contribution in [3.8, 4) is 0 Å². The van der Waals surface area contributed by atoms with Gasteiger partial charge in [-0.05, 0) is 6.42 Å². The third kappa shape index (κ3) is 1.69. The molecule has 1 atom stereocenters. The summed E-state index contributed by atoms with van der Waals surface area (Å²) in [4.78, 5) is 3.91. The molecule has 1 unspecified atom stereocenters. The van der Waals surface area contributed by atoms with E-state index in [4.69, 9.17) is 6.11 Å². The van der Waals surface area contributed by atoms with Gasteiger partial charge in [0.25, 0.3) is 0 Å². The molecule has 0 N–H and O–H groups in total. The predicted molar refractivity (Wildman–Crippen MR) is 28.8 cm³/mol. The van der Waals surface area contributed by atoms with E-state index in [9.17, 15) is 0 Å². The Balaban J connectivity index is 2.33. The van der Waals surface area contributed by atoms with Crippen molar-refractivity contribution in [2.75, 3.05) is 19.7 Å². The van der Waals surface area contributed by atoms with Crippen LogP contribution in [0.4, 0.5) is 0 Å². The summed E-state index contributed by atoms with van der Waals surface area (Å²) in [5, 5.41) is 0. The van der Waals surface area contributed by atoms with Gasteiger partial charge >= 0.3 is 0 Å². The van der Waals surface area contributed by atoms with Gasteiger partial charge in [0.2, 0.25) is 0 Å². The van der Waals surface area contributed by atoms with Crippen molar-refractivity contribution in [3.63, 3.8) is 0 Å². The van der Waals surface area contributed by atoms with Crippen LogP contribution in [-0.4, -0.2) is 25.9 Å². The highest BCUT2D eigenvalue weighted by Gasteiger charge is 1.88. The van der Waals surface area contributed by atoms with Crippen LogP contribution in [0.2, 0.25) is 0 Å². The maximum atomic E-state index is 7.04. The minimum atomic E-state index is -0.516. The van der Waals surface area contributed by atoms with E-state index in [-0.39, 0.29) is 0 Å². The number of aliphatic imine (C=N–C) groups is 1. The van der Waals surface area contributed by atoms with Gasteiger partial charge in [-0.15, -0.1) is 0 Å². The summed E-state index contributed by atoms with van der Waals surface area (Å²) in [7, 11) is 0. The molecule has 7 heavy (non-hydrogen) atoms. The molecule has 2 nitrogen and oxygen atoms in total. The largest absolute Gasteiger partial charge is 0.376 e. The van der Waals surface area contributed by atoms with Gasteiger partial charge < -0.3 is 4.74 Å². The Bertz CT molecular complexity index is 94.4. The van der Waals surface area contributed by atoms with E-state index < -0.39 is 6.58 Å². The lowest BCUT2D eigenvalue weighted by molar-refractivity contribution is 0.177. The first kappa shape index (κ1) is 3.61. The SMILES string of the molecule is [2H]C1C=NCCCO1. The third-order valence-corrected chi connectivity index (χ3v) is 0.812. The van der Waals surface area contributed by atoms with Gasteiger partial charge in [0.05, 0.1) is 7.95 Å². The maximum absolute atomic E-state index is 7.04. The minimum Gasteiger partial charge on any atom is -0.376 e. The smallest absolute Gasteiger partial charge is 0.0814 e. The third-order valence-electron chi connectivity index (χ3n) is 0.812. The van der Waals surface area contributed by atoms with Crippen LogP contribution in [-0.2, 0) is 4.74 Å². The van der Waals surface area contributed by atoms with Crippen LogP contribution < -0.4 is 0 Å². The van der Waals surface area contributed by atoms with Crippen LogP contribution >= 0.6 is 0 Å². The monoisotopic (exact) mass is 100 g/mol. The van der Waals surface area contributed by atoms with Crippen molar-refractivity contribution in [1.82, 2.24) is 0 Å². The van der Waals surface area contributed by atoms with Crippen molar-refractivity contribution in [2.45, 2.75) is 6.42 Å². The van der Waals surface area contributed by atoms with Gasteiger partial charge in [-0.2, -0.15) is 0 Å². The molecule has 1 aliphatic heterocycles. The molecule has 0 saturated heterocycles.